The zero-order valence-electron chi connectivity index (χ0n) is 11.1. The highest BCUT2D eigenvalue weighted by atomic mass is 32.1. The average Bonchev–Trinajstić information content (AvgIpc) is 2.31. The Bertz CT molecular complexity index is 443. The van der Waals surface area contributed by atoms with Gasteiger partial charge in [0.1, 0.15) is 10.8 Å². The fourth-order valence-electron chi connectivity index (χ4n) is 1.81. The minimum absolute atomic E-state index is 0.239. The van der Waals surface area contributed by atoms with E-state index in [1.165, 1.54) is 13.2 Å². The number of aliphatic hydroxyl groups is 1. The van der Waals surface area contributed by atoms with Crippen LogP contribution in [0.5, 0.6) is 0 Å². The fraction of sp³-hybridized carbons (Fsp3) is 0.462. The van der Waals surface area contributed by atoms with Crippen LogP contribution < -0.4 is 5.73 Å². The summed E-state index contributed by atoms with van der Waals surface area (Å²) in [7, 11) is 3.32. The van der Waals surface area contributed by atoms with Crippen LogP contribution in [0.1, 0.15) is 11.1 Å². The largest absolute Gasteiger partial charge is 0.389 e. The average molecular weight is 286 g/mol. The maximum atomic E-state index is 13.7. The van der Waals surface area contributed by atoms with E-state index in [1.807, 2.05) is 4.90 Å². The Balaban J connectivity index is 2.70. The molecular formula is C13H19FN2O2S. The van der Waals surface area contributed by atoms with Gasteiger partial charge in [0.2, 0.25) is 0 Å². The highest BCUT2D eigenvalue weighted by Gasteiger charge is 2.11. The highest BCUT2D eigenvalue weighted by Crippen LogP contribution is 2.13. The molecule has 3 N–H and O–H groups in total. The fourth-order valence-corrected chi connectivity index (χ4v) is 1.94. The number of rotatable bonds is 7. The molecule has 0 spiro atoms. The third-order valence-corrected chi connectivity index (χ3v) is 2.89. The number of ether oxygens (including phenoxy) is 1. The van der Waals surface area contributed by atoms with Crippen molar-refractivity contribution in [2.24, 2.45) is 5.73 Å². The van der Waals surface area contributed by atoms with E-state index in [4.69, 9.17) is 22.7 Å². The first-order valence-corrected chi connectivity index (χ1v) is 6.28. The van der Waals surface area contributed by atoms with Crippen molar-refractivity contribution in [2.45, 2.75) is 12.6 Å². The molecule has 1 rings (SSSR count). The molecule has 1 atom stereocenters. The molecule has 1 aromatic carbocycles. The van der Waals surface area contributed by atoms with Crippen LogP contribution >= 0.6 is 12.2 Å². The molecule has 0 amide bonds. The minimum Gasteiger partial charge on any atom is -0.389 e. The Morgan fingerprint density at radius 3 is 2.84 bits per heavy atom. The molecule has 0 saturated heterocycles. The standard InChI is InChI=1S/C13H19FN2O2S/c1-16(7-11(17)8-18-2)6-10-5-9(13(15)19)3-4-12(10)14/h3-5,11,17H,6-8H2,1-2H3,(H2,15,19). The van der Waals surface area contributed by atoms with Gasteiger partial charge in [-0.05, 0) is 25.2 Å². The Hall–Kier alpha value is -1.08. The summed E-state index contributed by atoms with van der Waals surface area (Å²) in [5.41, 5.74) is 6.66. The summed E-state index contributed by atoms with van der Waals surface area (Å²) in [5.74, 6) is -0.312. The van der Waals surface area contributed by atoms with Crippen LogP contribution in [0.2, 0.25) is 0 Å². The molecule has 0 aliphatic carbocycles. The first kappa shape index (κ1) is 16.0. The number of nitrogens with zero attached hydrogens (tertiary/aromatic N) is 1. The molecule has 19 heavy (non-hydrogen) atoms. The van der Waals surface area contributed by atoms with Crippen LogP contribution in [-0.2, 0) is 11.3 Å². The van der Waals surface area contributed by atoms with E-state index in [0.717, 1.165) is 0 Å². The summed E-state index contributed by atoms with van der Waals surface area (Å²) < 4.78 is 18.5. The summed E-state index contributed by atoms with van der Waals surface area (Å²) in [6.45, 7) is 1.01. The number of benzene rings is 1. The zero-order valence-corrected chi connectivity index (χ0v) is 11.9. The lowest BCUT2D eigenvalue weighted by molar-refractivity contribution is 0.0417. The maximum Gasteiger partial charge on any atom is 0.127 e. The van der Waals surface area contributed by atoms with Crippen molar-refractivity contribution in [3.05, 3.63) is 35.1 Å². The number of halogens is 1. The van der Waals surface area contributed by atoms with Crippen molar-refractivity contribution < 1.29 is 14.2 Å². The van der Waals surface area contributed by atoms with Gasteiger partial charge in [-0.15, -0.1) is 0 Å². The molecule has 0 heterocycles. The van der Waals surface area contributed by atoms with Gasteiger partial charge in [-0.2, -0.15) is 0 Å². The number of methoxy groups -OCH3 is 1. The molecule has 0 saturated carbocycles. The van der Waals surface area contributed by atoms with E-state index in [0.29, 0.717) is 24.2 Å². The van der Waals surface area contributed by atoms with Crippen LogP contribution in [0.15, 0.2) is 18.2 Å². The monoisotopic (exact) mass is 286 g/mol. The number of likely N-dealkylation sites (N-methyl/N-ethyl adjacent to an activating group) is 1. The van der Waals surface area contributed by atoms with Crippen LogP contribution in [0.3, 0.4) is 0 Å². The van der Waals surface area contributed by atoms with E-state index in [1.54, 1.807) is 19.2 Å². The Labute approximate surface area is 118 Å². The van der Waals surface area contributed by atoms with E-state index < -0.39 is 6.10 Å². The Morgan fingerprint density at radius 2 is 2.26 bits per heavy atom. The summed E-state index contributed by atoms with van der Waals surface area (Å²) in [6.07, 6.45) is -0.600. The van der Waals surface area contributed by atoms with E-state index in [2.05, 4.69) is 0 Å². The van der Waals surface area contributed by atoms with Crippen molar-refractivity contribution >= 4 is 17.2 Å². The van der Waals surface area contributed by atoms with Gasteiger partial charge in [0.05, 0.1) is 12.7 Å². The number of thiocarbonyl (C=S) groups is 1. The lowest BCUT2D eigenvalue weighted by atomic mass is 10.1. The molecule has 1 aromatic rings. The van der Waals surface area contributed by atoms with Gasteiger partial charge >= 0.3 is 0 Å². The molecule has 0 aliphatic rings. The van der Waals surface area contributed by atoms with Crippen molar-refractivity contribution in [1.29, 1.82) is 0 Å². The second-order valence-corrected chi connectivity index (χ2v) is 4.92. The molecule has 4 nitrogen and oxygen atoms in total. The number of hydrogen-bond acceptors (Lipinski definition) is 4. The SMILES string of the molecule is COCC(O)CN(C)Cc1cc(C(N)=S)ccc1F. The van der Waals surface area contributed by atoms with Crippen LogP contribution in [0.4, 0.5) is 4.39 Å². The highest BCUT2D eigenvalue weighted by molar-refractivity contribution is 7.80. The van der Waals surface area contributed by atoms with Gasteiger partial charge in [-0.25, -0.2) is 4.39 Å². The topological polar surface area (TPSA) is 58.7 Å². The molecular weight excluding hydrogens is 267 g/mol. The van der Waals surface area contributed by atoms with Gasteiger partial charge in [0, 0.05) is 31.3 Å². The van der Waals surface area contributed by atoms with Crippen molar-refractivity contribution in [3.8, 4) is 0 Å². The number of aliphatic hydroxyl groups excluding tert-OH is 1. The lowest BCUT2D eigenvalue weighted by Crippen LogP contribution is -2.31. The van der Waals surface area contributed by atoms with Crippen LogP contribution in [0.25, 0.3) is 0 Å². The normalized spacial score (nSPS) is 12.7. The Kier molecular flexibility index (Phi) is 6.30. The van der Waals surface area contributed by atoms with Crippen LogP contribution in [-0.4, -0.2) is 48.4 Å². The quantitative estimate of drug-likeness (QED) is 0.729. The summed E-state index contributed by atoms with van der Waals surface area (Å²) in [5, 5.41) is 9.61. The van der Waals surface area contributed by atoms with Gasteiger partial charge in [0.25, 0.3) is 0 Å². The third kappa shape index (κ3) is 5.20. The Morgan fingerprint density at radius 1 is 1.58 bits per heavy atom. The van der Waals surface area contributed by atoms with Gasteiger partial charge in [-0.1, -0.05) is 12.2 Å². The van der Waals surface area contributed by atoms with Crippen molar-refractivity contribution in [3.63, 3.8) is 0 Å². The molecule has 0 fully saturated rings. The number of hydrogen-bond donors (Lipinski definition) is 2. The third-order valence-electron chi connectivity index (χ3n) is 2.65. The molecule has 0 aromatic heterocycles. The molecule has 0 bridgehead atoms. The summed E-state index contributed by atoms with van der Waals surface area (Å²) in [6, 6.07) is 4.54. The molecule has 6 heteroatoms. The summed E-state index contributed by atoms with van der Waals surface area (Å²) >= 11 is 4.87. The second-order valence-electron chi connectivity index (χ2n) is 4.48. The van der Waals surface area contributed by atoms with Gasteiger partial charge < -0.3 is 15.6 Å². The zero-order chi connectivity index (χ0) is 14.4. The molecule has 0 radical (unpaired) electrons. The first-order valence-electron chi connectivity index (χ1n) is 5.87. The molecule has 106 valence electrons. The van der Waals surface area contributed by atoms with E-state index in [9.17, 15) is 9.50 Å². The summed E-state index contributed by atoms with van der Waals surface area (Å²) in [4.78, 5) is 2.05. The van der Waals surface area contributed by atoms with E-state index in [-0.39, 0.29) is 17.4 Å². The predicted molar refractivity (Wildman–Crippen MR) is 76.5 cm³/mol. The predicted octanol–water partition coefficient (Wildman–Crippen LogP) is 0.899. The lowest BCUT2D eigenvalue weighted by Gasteiger charge is -2.20. The minimum atomic E-state index is -0.600. The van der Waals surface area contributed by atoms with Gasteiger partial charge in [-0.3, -0.25) is 4.90 Å². The number of nitrogens with two attached hydrogens (primary N) is 1. The van der Waals surface area contributed by atoms with Crippen LogP contribution in [0, 0.1) is 5.82 Å². The molecule has 0 aliphatic heterocycles. The van der Waals surface area contributed by atoms with Gasteiger partial charge in [0.15, 0.2) is 0 Å². The molecule has 1 unspecified atom stereocenters. The smallest absolute Gasteiger partial charge is 0.127 e. The maximum absolute atomic E-state index is 13.7. The first-order chi connectivity index (χ1) is 8.93. The van der Waals surface area contributed by atoms with Crippen molar-refractivity contribution in [2.75, 3.05) is 27.3 Å². The second kappa shape index (κ2) is 7.49. The van der Waals surface area contributed by atoms with Crippen molar-refractivity contribution in [1.82, 2.24) is 4.90 Å². The van der Waals surface area contributed by atoms with E-state index >= 15 is 0 Å².